The second kappa shape index (κ2) is 46.6. The first-order valence-corrected chi connectivity index (χ1v) is 36.5. The second-order valence-corrected chi connectivity index (χ2v) is 30.0. The summed E-state index contributed by atoms with van der Waals surface area (Å²) in [6, 6.07) is 0. The van der Waals surface area contributed by atoms with Crippen LogP contribution in [0.25, 0.3) is 0 Å². The van der Waals surface area contributed by atoms with Gasteiger partial charge in [0.1, 0.15) is 41.0 Å². The zero-order valence-corrected chi connectivity index (χ0v) is 64.8. The fourth-order valence-electron chi connectivity index (χ4n) is 15.5. The molecule has 0 spiro atoms. The fraction of sp³-hybridized carbons (Fsp3) is 0.800. The standard InChI is InChI=1S/C17H30O4.C17H28O3.C16H28O4.C15H26O3.C15H24O3/c1-12(2)8-7-9-13(3)14-10-11-17(20-5,21-6)15(14)16(18)19-4;1-5-7-12(2)8-6-9-13(3)14-10-11-15(18)16(14)17(19)20-4;1-11(7-6-10-16(2,3)20-5)12-8-9-13(17)14(12)15(18)19-4;2*1-10(2)6-5-7-11(3)12-8-9-13(16)14(12)15(17)18-4/h8,13-15H,7,9-11H2,1-6H3;8,13-14,16H,5-7,9-11H2,1-4H3;11-12,14H,6-10H2,1-5H3;6,11-14,16H,5,7-9H2,1-4H3;6,11-12,14H,5,7-9H2,1-4H3/b;12-8-;;;/t13-,14-,15+;13-,14-,16-;11-,12-,14-;11-,12+,13+,14+;11-,12-,14-/m11111/s1. The summed E-state index contributed by atoms with van der Waals surface area (Å²) in [6.07, 6.45) is 29.5. The molecule has 5 saturated carbocycles. The van der Waals surface area contributed by atoms with E-state index in [0.29, 0.717) is 48.9 Å². The molecule has 17 heteroatoms. The maximum Gasteiger partial charge on any atom is 0.316 e. The molecule has 16 atom stereocenters. The number of rotatable bonds is 31. The molecule has 0 aromatic heterocycles. The van der Waals surface area contributed by atoms with Gasteiger partial charge >= 0.3 is 29.8 Å². The van der Waals surface area contributed by atoms with Gasteiger partial charge in [-0.3, -0.25) is 38.4 Å². The number of aliphatic hydroxyl groups excluding tert-OH is 1. The smallest absolute Gasteiger partial charge is 0.316 e. The van der Waals surface area contributed by atoms with Gasteiger partial charge in [0.25, 0.3) is 0 Å². The Morgan fingerprint density at radius 2 is 0.825 bits per heavy atom. The molecule has 558 valence electrons. The van der Waals surface area contributed by atoms with E-state index in [1.165, 1.54) is 64.3 Å². The molecule has 0 amide bonds. The zero-order chi connectivity index (χ0) is 73.9. The number of hydrogen-bond acceptors (Lipinski definition) is 17. The van der Waals surface area contributed by atoms with Gasteiger partial charge in [-0.15, -0.1) is 0 Å². The third kappa shape index (κ3) is 29.7. The van der Waals surface area contributed by atoms with Crippen LogP contribution in [0, 0.1) is 88.8 Å². The highest BCUT2D eigenvalue weighted by Gasteiger charge is 2.55. The number of carbonyl (C=O) groups excluding carboxylic acids is 8. The zero-order valence-electron chi connectivity index (χ0n) is 64.8. The second-order valence-electron chi connectivity index (χ2n) is 30.0. The van der Waals surface area contributed by atoms with Crippen LogP contribution in [-0.4, -0.2) is 127 Å². The van der Waals surface area contributed by atoms with Crippen LogP contribution in [-0.2, 0) is 76.3 Å². The van der Waals surface area contributed by atoms with Crippen LogP contribution in [0.15, 0.2) is 46.6 Å². The highest BCUT2D eigenvalue weighted by Crippen LogP contribution is 2.48. The van der Waals surface area contributed by atoms with Crippen molar-refractivity contribution in [1.29, 1.82) is 0 Å². The molecule has 0 saturated heterocycles. The first kappa shape index (κ1) is 90.2. The number of Topliss-reactive ketones (excluding diaryl/α,β-unsaturated/α-hetero) is 3. The first-order valence-electron chi connectivity index (χ1n) is 36.5. The lowest BCUT2D eigenvalue weighted by Crippen LogP contribution is -2.45. The van der Waals surface area contributed by atoms with Crippen LogP contribution in [0.2, 0.25) is 0 Å². The van der Waals surface area contributed by atoms with Gasteiger partial charge in [-0.2, -0.15) is 0 Å². The number of ketones is 3. The van der Waals surface area contributed by atoms with E-state index >= 15 is 0 Å². The van der Waals surface area contributed by atoms with Crippen molar-refractivity contribution >= 4 is 47.2 Å². The maximum atomic E-state index is 12.3. The van der Waals surface area contributed by atoms with Crippen molar-refractivity contribution in [3.05, 3.63) is 46.6 Å². The molecular formula is C80H136O17. The molecule has 0 aliphatic heterocycles. The number of hydrogen-bond donors (Lipinski definition) is 1. The molecule has 0 unspecified atom stereocenters. The van der Waals surface area contributed by atoms with Gasteiger partial charge in [-0.1, -0.05) is 107 Å². The Morgan fingerprint density at radius 1 is 0.474 bits per heavy atom. The van der Waals surface area contributed by atoms with Crippen molar-refractivity contribution in [2.45, 2.75) is 269 Å². The fourth-order valence-corrected chi connectivity index (χ4v) is 15.5. The van der Waals surface area contributed by atoms with Crippen LogP contribution in [0.1, 0.15) is 252 Å². The highest BCUT2D eigenvalue weighted by atomic mass is 16.7. The highest BCUT2D eigenvalue weighted by molar-refractivity contribution is 6.02. The summed E-state index contributed by atoms with van der Waals surface area (Å²) in [6.45, 7) is 31.9. The summed E-state index contributed by atoms with van der Waals surface area (Å²) in [5.41, 5.74) is 5.31. The topological polar surface area (TPSA) is 231 Å². The minimum atomic E-state index is -0.831. The Morgan fingerprint density at radius 3 is 1.16 bits per heavy atom. The van der Waals surface area contributed by atoms with Crippen molar-refractivity contribution in [3.8, 4) is 0 Å². The van der Waals surface area contributed by atoms with Gasteiger partial charge in [0, 0.05) is 47.0 Å². The van der Waals surface area contributed by atoms with Crippen molar-refractivity contribution in [2.75, 3.05) is 56.9 Å². The number of methoxy groups -OCH3 is 8. The Balaban J connectivity index is 0.000000607. The number of aliphatic hydroxyl groups is 1. The van der Waals surface area contributed by atoms with Gasteiger partial charge in [-0.05, 0) is 224 Å². The van der Waals surface area contributed by atoms with E-state index in [1.54, 1.807) is 21.3 Å². The van der Waals surface area contributed by atoms with Crippen LogP contribution in [0.4, 0.5) is 0 Å². The van der Waals surface area contributed by atoms with Crippen LogP contribution in [0.3, 0.4) is 0 Å². The number of allylic oxidation sites excluding steroid dienone is 8. The Bertz CT molecular complexity index is 2520. The maximum absolute atomic E-state index is 12.3. The van der Waals surface area contributed by atoms with Crippen LogP contribution < -0.4 is 0 Å². The molecule has 0 radical (unpaired) electrons. The molecule has 97 heavy (non-hydrogen) atoms. The summed E-state index contributed by atoms with van der Waals surface area (Å²) in [5.74, 6) is -1.47. The van der Waals surface area contributed by atoms with Gasteiger partial charge in [0.05, 0.1) is 53.2 Å². The Kier molecular flexibility index (Phi) is 43.3. The molecular weight excluding hydrogens is 1230 g/mol. The molecule has 0 bridgehead atoms. The normalized spacial score (nSPS) is 25.7. The summed E-state index contributed by atoms with van der Waals surface area (Å²) in [5, 5.41) is 9.91. The van der Waals surface area contributed by atoms with Crippen molar-refractivity contribution in [2.24, 2.45) is 88.8 Å². The van der Waals surface area contributed by atoms with E-state index in [1.807, 2.05) is 0 Å². The Hall–Kier alpha value is -4.84. The minimum absolute atomic E-state index is 0.0471. The third-order valence-corrected chi connectivity index (χ3v) is 21.8. The van der Waals surface area contributed by atoms with Crippen LogP contribution >= 0.6 is 0 Å². The molecule has 0 heterocycles. The van der Waals surface area contributed by atoms with Gasteiger partial charge in [-0.25, -0.2) is 0 Å². The van der Waals surface area contributed by atoms with Crippen molar-refractivity contribution < 1.29 is 81.4 Å². The number of ether oxygens (including phenoxy) is 8. The van der Waals surface area contributed by atoms with E-state index in [4.69, 9.17) is 37.9 Å². The quantitative estimate of drug-likeness (QED) is 0.0223. The minimum Gasteiger partial charge on any atom is -0.469 e. The lowest BCUT2D eigenvalue weighted by Gasteiger charge is -2.34. The molecule has 1 N–H and O–H groups in total. The summed E-state index contributed by atoms with van der Waals surface area (Å²) in [7, 11) is 11.9. The lowest BCUT2D eigenvalue weighted by molar-refractivity contribution is -0.237. The van der Waals surface area contributed by atoms with E-state index in [0.717, 1.165) is 122 Å². The van der Waals surface area contributed by atoms with Gasteiger partial charge in [0.15, 0.2) is 5.79 Å². The average Bonchev–Trinajstić information content (AvgIpc) is 1.64. The molecule has 5 aliphatic carbocycles. The summed E-state index contributed by atoms with van der Waals surface area (Å²) >= 11 is 0. The van der Waals surface area contributed by atoms with Gasteiger partial charge < -0.3 is 43.0 Å². The van der Waals surface area contributed by atoms with Crippen LogP contribution in [0.5, 0.6) is 0 Å². The number of esters is 5. The predicted molar refractivity (Wildman–Crippen MR) is 384 cm³/mol. The summed E-state index contributed by atoms with van der Waals surface area (Å²) < 4.78 is 40.7. The van der Waals surface area contributed by atoms with Crippen molar-refractivity contribution in [3.63, 3.8) is 0 Å². The SMILES string of the molecule is CCC/C(C)=C\CC[C@@H](C)[C@H]1CCC(=O)[C@@H]1C(=O)OC.COC(=O)[C@@H]1[C@@H]([C@H](C)CCC=C(C)C)CCC1(OC)OC.COC(=O)[C@H]1C(=O)CC[C@@H]1[C@H](C)CCC=C(C)C.COC(=O)[C@H]1C(=O)CC[C@@H]1[C@H](C)CCCC(C)(C)OC.COC(=O)[C@H]1[C@H]([C@H](C)CCC=C(C)C)CC[C@@H]1O. The molecule has 17 nitrogen and oxygen atoms in total. The van der Waals surface area contributed by atoms with E-state index in [2.05, 4.69) is 128 Å². The molecule has 5 fully saturated rings. The molecule has 0 aromatic rings. The number of carbonyl (C=O) groups is 8. The molecule has 5 aliphatic rings. The predicted octanol–water partition coefficient (Wildman–Crippen LogP) is 16.5. The lowest BCUT2D eigenvalue weighted by atomic mass is 9.81. The molecule has 5 rings (SSSR count). The monoisotopic (exact) mass is 1370 g/mol. The summed E-state index contributed by atoms with van der Waals surface area (Å²) in [4.78, 5) is 94.6. The van der Waals surface area contributed by atoms with E-state index in [-0.39, 0.29) is 94.2 Å². The largest absolute Gasteiger partial charge is 0.469 e. The molecule has 0 aromatic carbocycles. The Labute approximate surface area is 587 Å². The van der Waals surface area contributed by atoms with E-state index in [9.17, 15) is 43.5 Å². The third-order valence-electron chi connectivity index (χ3n) is 21.8. The van der Waals surface area contributed by atoms with Gasteiger partial charge in [0.2, 0.25) is 0 Å². The van der Waals surface area contributed by atoms with E-state index < -0.39 is 29.6 Å². The van der Waals surface area contributed by atoms with Crippen molar-refractivity contribution in [1.82, 2.24) is 0 Å². The first-order chi connectivity index (χ1) is 45.7. The average molecular weight is 1370 g/mol.